The first-order chi connectivity index (χ1) is 9.93. The molecule has 21 heavy (non-hydrogen) atoms. The van der Waals surface area contributed by atoms with Gasteiger partial charge in [0.2, 0.25) is 0 Å². The van der Waals surface area contributed by atoms with Crippen LogP contribution in [0.2, 0.25) is 0 Å². The maximum atomic E-state index is 12.3. The van der Waals surface area contributed by atoms with Crippen molar-refractivity contribution in [1.82, 2.24) is 0 Å². The molecule has 1 rings (SSSR count). The number of methoxy groups -OCH3 is 1. The zero-order valence-corrected chi connectivity index (χ0v) is 13.7. The lowest BCUT2D eigenvalue weighted by molar-refractivity contribution is 0.0141. The van der Waals surface area contributed by atoms with Gasteiger partial charge in [-0.25, -0.2) is 0 Å². The van der Waals surface area contributed by atoms with E-state index in [2.05, 4.69) is 0 Å². The second-order valence-corrected chi connectivity index (χ2v) is 5.41. The van der Waals surface area contributed by atoms with Gasteiger partial charge in [0.25, 0.3) is 0 Å². The quantitative estimate of drug-likeness (QED) is 0.648. The number of ether oxygens (including phenoxy) is 3. The van der Waals surface area contributed by atoms with E-state index in [-0.39, 0.29) is 11.4 Å². The Labute approximate surface area is 127 Å². The number of Topliss-reactive ketones (excluding diaryl/α,β-unsaturated/α-hetero) is 1. The van der Waals surface area contributed by atoms with Crippen LogP contribution in [-0.2, 0) is 4.74 Å². The third-order valence-electron chi connectivity index (χ3n) is 3.37. The summed E-state index contributed by atoms with van der Waals surface area (Å²) in [6.07, 6.45) is 1.12. The lowest BCUT2D eigenvalue weighted by Crippen LogP contribution is -2.23. The van der Waals surface area contributed by atoms with E-state index in [1.54, 1.807) is 25.3 Å². The monoisotopic (exact) mass is 294 g/mol. The highest BCUT2D eigenvalue weighted by Gasteiger charge is 2.19. The predicted molar refractivity (Wildman–Crippen MR) is 83.4 cm³/mol. The van der Waals surface area contributed by atoms with Crippen molar-refractivity contribution in [2.75, 3.05) is 20.3 Å². The van der Waals surface area contributed by atoms with Crippen LogP contribution in [0.15, 0.2) is 18.2 Å². The molecule has 0 atom stereocenters. The number of ketones is 1. The Bertz CT molecular complexity index is 466. The summed E-state index contributed by atoms with van der Waals surface area (Å²) in [7, 11) is 1.66. The van der Waals surface area contributed by atoms with E-state index in [0.29, 0.717) is 43.1 Å². The van der Waals surface area contributed by atoms with Crippen molar-refractivity contribution in [3.8, 4) is 11.5 Å². The first-order valence-corrected chi connectivity index (χ1v) is 7.41. The summed E-state index contributed by atoms with van der Waals surface area (Å²) in [4.78, 5) is 12.3. The van der Waals surface area contributed by atoms with Crippen LogP contribution >= 0.6 is 0 Å². The van der Waals surface area contributed by atoms with Crippen LogP contribution in [0.25, 0.3) is 0 Å². The fourth-order valence-electron chi connectivity index (χ4n) is 1.89. The molecule has 0 saturated heterocycles. The van der Waals surface area contributed by atoms with E-state index in [9.17, 15) is 4.79 Å². The molecular formula is C17H26O4. The second-order valence-electron chi connectivity index (χ2n) is 5.41. The molecule has 0 saturated carbocycles. The van der Waals surface area contributed by atoms with Crippen molar-refractivity contribution in [3.63, 3.8) is 0 Å². The van der Waals surface area contributed by atoms with Crippen molar-refractivity contribution in [2.24, 2.45) is 0 Å². The second kappa shape index (κ2) is 8.03. The van der Waals surface area contributed by atoms with E-state index in [1.807, 2.05) is 27.7 Å². The molecule has 0 unspecified atom stereocenters. The molecule has 1 aromatic rings. The summed E-state index contributed by atoms with van der Waals surface area (Å²) < 4.78 is 16.4. The lowest BCUT2D eigenvalue weighted by Gasteiger charge is -2.22. The molecule has 0 spiro atoms. The van der Waals surface area contributed by atoms with E-state index in [1.165, 1.54) is 0 Å². The number of carbonyl (C=O) groups excluding carboxylic acids is 1. The summed E-state index contributed by atoms with van der Waals surface area (Å²) in [5.41, 5.74) is 0.359. The third kappa shape index (κ3) is 5.38. The Balaban J connectivity index is 2.82. The van der Waals surface area contributed by atoms with Gasteiger partial charge in [0.15, 0.2) is 17.3 Å². The van der Waals surface area contributed by atoms with Crippen LogP contribution in [0.5, 0.6) is 11.5 Å². The molecule has 0 N–H and O–H groups in total. The summed E-state index contributed by atoms with van der Waals surface area (Å²) in [5.74, 6) is 1.38. The van der Waals surface area contributed by atoms with Crippen LogP contribution < -0.4 is 9.47 Å². The molecule has 1 aromatic carbocycles. The van der Waals surface area contributed by atoms with E-state index < -0.39 is 0 Å². The van der Waals surface area contributed by atoms with Crippen LogP contribution in [0.3, 0.4) is 0 Å². The van der Waals surface area contributed by atoms with Crippen molar-refractivity contribution in [2.45, 2.75) is 46.1 Å². The number of hydrogen-bond donors (Lipinski definition) is 0. The molecule has 4 nitrogen and oxygen atoms in total. The van der Waals surface area contributed by atoms with Gasteiger partial charge in [0.05, 0.1) is 18.8 Å². The van der Waals surface area contributed by atoms with Gasteiger partial charge in [0, 0.05) is 19.1 Å². The minimum Gasteiger partial charge on any atom is -0.490 e. The molecule has 0 aromatic heterocycles. The van der Waals surface area contributed by atoms with Gasteiger partial charge in [0.1, 0.15) is 0 Å². The first kappa shape index (κ1) is 17.5. The average Bonchev–Trinajstić information content (AvgIpc) is 2.47. The van der Waals surface area contributed by atoms with E-state index in [4.69, 9.17) is 14.2 Å². The third-order valence-corrected chi connectivity index (χ3v) is 3.37. The zero-order chi connectivity index (χ0) is 15.9. The molecule has 0 aliphatic heterocycles. The average molecular weight is 294 g/mol. The minimum absolute atomic E-state index is 0.0872. The minimum atomic E-state index is -0.288. The highest BCUT2D eigenvalue weighted by atomic mass is 16.5. The molecule has 4 heteroatoms. The van der Waals surface area contributed by atoms with Gasteiger partial charge in [-0.15, -0.1) is 0 Å². The normalized spacial score (nSPS) is 11.3. The number of benzene rings is 1. The fraction of sp³-hybridized carbons (Fsp3) is 0.588. The number of rotatable bonds is 9. The van der Waals surface area contributed by atoms with Crippen LogP contribution in [0, 0.1) is 0 Å². The van der Waals surface area contributed by atoms with Crippen molar-refractivity contribution >= 4 is 5.78 Å². The number of hydrogen-bond acceptors (Lipinski definition) is 4. The summed E-state index contributed by atoms with van der Waals surface area (Å²) in [6, 6.07) is 5.34. The maximum Gasteiger partial charge on any atom is 0.163 e. The predicted octanol–water partition coefficient (Wildman–Crippen LogP) is 3.87. The van der Waals surface area contributed by atoms with Crippen LogP contribution in [-0.4, -0.2) is 31.7 Å². The highest BCUT2D eigenvalue weighted by molar-refractivity contribution is 5.96. The van der Waals surface area contributed by atoms with Gasteiger partial charge < -0.3 is 14.2 Å². The van der Waals surface area contributed by atoms with Crippen LogP contribution in [0.4, 0.5) is 0 Å². The summed E-state index contributed by atoms with van der Waals surface area (Å²) in [5, 5.41) is 0. The van der Waals surface area contributed by atoms with Crippen LogP contribution in [0.1, 0.15) is 50.9 Å². The molecule has 0 amide bonds. The van der Waals surface area contributed by atoms with Crippen molar-refractivity contribution in [1.29, 1.82) is 0 Å². The Kier molecular flexibility index (Phi) is 6.69. The Morgan fingerprint density at radius 3 is 2.29 bits per heavy atom. The molecule has 0 aliphatic rings. The zero-order valence-electron chi connectivity index (χ0n) is 13.7. The smallest absolute Gasteiger partial charge is 0.163 e. The Morgan fingerprint density at radius 2 is 1.71 bits per heavy atom. The van der Waals surface area contributed by atoms with Crippen molar-refractivity contribution < 1.29 is 19.0 Å². The molecule has 0 fully saturated rings. The van der Waals surface area contributed by atoms with Gasteiger partial charge in [-0.3, -0.25) is 4.79 Å². The maximum absolute atomic E-state index is 12.3. The molecule has 0 aliphatic carbocycles. The van der Waals surface area contributed by atoms with Gasteiger partial charge in [-0.1, -0.05) is 0 Å². The highest BCUT2D eigenvalue weighted by Crippen LogP contribution is 2.29. The standard InChI is InChI=1S/C17H26O4/c1-6-20-15-9-8-13(12-16(15)21-7-2)14(18)10-11-17(3,4)19-5/h8-9,12H,6-7,10-11H2,1-5H3. The SMILES string of the molecule is CCOc1ccc(C(=O)CCC(C)(C)OC)cc1OCC. The molecule has 0 radical (unpaired) electrons. The van der Waals surface area contributed by atoms with Gasteiger partial charge in [-0.2, -0.15) is 0 Å². The molecular weight excluding hydrogens is 268 g/mol. The number of carbonyl (C=O) groups is 1. The van der Waals surface area contributed by atoms with E-state index >= 15 is 0 Å². The molecule has 118 valence electrons. The first-order valence-electron chi connectivity index (χ1n) is 7.41. The Morgan fingerprint density at radius 1 is 1.10 bits per heavy atom. The molecule has 0 bridgehead atoms. The largest absolute Gasteiger partial charge is 0.490 e. The van der Waals surface area contributed by atoms with E-state index in [0.717, 1.165) is 0 Å². The summed E-state index contributed by atoms with van der Waals surface area (Å²) in [6.45, 7) is 8.88. The van der Waals surface area contributed by atoms with Gasteiger partial charge >= 0.3 is 0 Å². The van der Waals surface area contributed by atoms with Crippen molar-refractivity contribution in [3.05, 3.63) is 23.8 Å². The topological polar surface area (TPSA) is 44.8 Å². The summed E-state index contributed by atoms with van der Waals surface area (Å²) >= 11 is 0. The lowest BCUT2D eigenvalue weighted by atomic mass is 9.97. The van der Waals surface area contributed by atoms with Gasteiger partial charge in [-0.05, 0) is 52.3 Å². The Hall–Kier alpha value is -1.55. The fourth-order valence-corrected chi connectivity index (χ4v) is 1.89. The molecule has 0 heterocycles.